The maximum atomic E-state index is 11.6. The molecular formula is C15H22N2O2S. The summed E-state index contributed by atoms with van der Waals surface area (Å²) in [6.45, 7) is 6.99. The molecule has 1 atom stereocenters. The number of hydrogen-bond acceptors (Lipinski definition) is 4. The number of rotatable bonds is 2. The van der Waals surface area contributed by atoms with Gasteiger partial charge in [-0.25, -0.2) is 0 Å². The monoisotopic (exact) mass is 294 g/mol. The molecule has 2 saturated heterocycles. The summed E-state index contributed by atoms with van der Waals surface area (Å²) >= 11 is 1.81. The van der Waals surface area contributed by atoms with Gasteiger partial charge >= 0.3 is 0 Å². The normalized spacial score (nSPS) is 27.9. The molecular weight excluding hydrogens is 272 g/mol. The van der Waals surface area contributed by atoms with Crippen molar-refractivity contribution in [2.24, 2.45) is 0 Å². The Bertz CT molecular complexity index is 458. The fraction of sp³-hybridized carbons (Fsp3) is 0.667. The van der Waals surface area contributed by atoms with Gasteiger partial charge in [0.05, 0.1) is 18.8 Å². The number of carbonyl (C=O) groups excluding carboxylic acids is 1. The lowest BCUT2D eigenvalue weighted by Gasteiger charge is -2.47. The Morgan fingerprint density at radius 3 is 3.10 bits per heavy atom. The van der Waals surface area contributed by atoms with Crippen LogP contribution in [0.2, 0.25) is 0 Å². The minimum absolute atomic E-state index is 0.139. The van der Waals surface area contributed by atoms with E-state index in [1.807, 2.05) is 16.2 Å². The third kappa shape index (κ3) is 3.05. The first kappa shape index (κ1) is 14.0. The molecule has 3 heterocycles. The molecule has 0 aromatic carbocycles. The summed E-state index contributed by atoms with van der Waals surface area (Å²) in [6.07, 6.45) is 2.12. The summed E-state index contributed by atoms with van der Waals surface area (Å²) in [5.41, 5.74) is -0.139. The Hall–Kier alpha value is -0.910. The van der Waals surface area contributed by atoms with Crippen molar-refractivity contribution in [3.8, 4) is 0 Å². The van der Waals surface area contributed by atoms with Crippen molar-refractivity contribution in [3.05, 3.63) is 22.4 Å². The van der Waals surface area contributed by atoms with Gasteiger partial charge in [0.25, 0.3) is 0 Å². The average Bonchev–Trinajstić information content (AvgIpc) is 2.92. The van der Waals surface area contributed by atoms with Crippen molar-refractivity contribution in [1.82, 2.24) is 9.80 Å². The lowest BCUT2D eigenvalue weighted by molar-refractivity contribution is -0.156. The standard InChI is InChI=1S/C15H22N2O2S/c1-13(18)17-6-3-5-15(12-17)11-16(7-8-19-15)10-14-4-2-9-20-14/h2,4,9H,3,5-8,10-12H2,1H3. The van der Waals surface area contributed by atoms with Gasteiger partial charge in [0.15, 0.2) is 0 Å². The van der Waals surface area contributed by atoms with Crippen LogP contribution in [0, 0.1) is 0 Å². The number of morpholine rings is 1. The molecule has 0 bridgehead atoms. The Morgan fingerprint density at radius 1 is 1.45 bits per heavy atom. The van der Waals surface area contributed by atoms with Gasteiger partial charge in [-0.15, -0.1) is 11.3 Å². The largest absolute Gasteiger partial charge is 0.370 e. The van der Waals surface area contributed by atoms with Crippen LogP contribution in [0.25, 0.3) is 0 Å². The van der Waals surface area contributed by atoms with E-state index < -0.39 is 0 Å². The summed E-state index contributed by atoms with van der Waals surface area (Å²) in [6, 6.07) is 4.30. The van der Waals surface area contributed by atoms with Crippen LogP contribution in [0.3, 0.4) is 0 Å². The van der Waals surface area contributed by atoms with Gasteiger partial charge < -0.3 is 9.64 Å². The molecule has 1 aromatic heterocycles. The number of ether oxygens (including phenoxy) is 1. The second-order valence-electron chi connectivity index (χ2n) is 5.87. The highest BCUT2D eigenvalue weighted by molar-refractivity contribution is 7.09. The third-order valence-electron chi connectivity index (χ3n) is 4.27. The first-order chi connectivity index (χ1) is 9.67. The molecule has 5 heteroatoms. The lowest BCUT2D eigenvalue weighted by Crippen LogP contribution is -2.60. The molecule has 1 amide bonds. The Morgan fingerprint density at radius 2 is 2.35 bits per heavy atom. The van der Waals surface area contributed by atoms with Gasteiger partial charge in [-0.1, -0.05) is 6.07 Å². The van der Waals surface area contributed by atoms with Crippen LogP contribution in [-0.2, 0) is 16.1 Å². The average molecular weight is 294 g/mol. The molecule has 0 saturated carbocycles. The molecule has 0 aliphatic carbocycles. The number of amides is 1. The van der Waals surface area contributed by atoms with Crippen molar-refractivity contribution in [3.63, 3.8) is 0 Å². The molecule has 110 valence electrons. The Balaban J connectivity index is 1.65. The smallest absolute Gasteiger partial charge is 0.219 e. The molecule has 20 heavy (non-hydrogen) atoms. The van der Waals surface area contributed by atoms with E-state index in [1.165, 1.54) is 4.88 Å². The molecule has 0 N–H and O–H groups in total. The maximum absolute atomic E-state index is 11.6. The zero-order chi connectivity index (χ0) is 14.0. The van der Waals surface area contributed by atoms with Gasteiger partial charge in [0, 0.05) is 38.0 Å². The zero-order valence-corrected chi connectivity index (χ0v) is 12.8. The van der Waals surface area contributed by atoms with E-state index in [0.29, 0.717) is 0 Å². The highest BCUT2D eigenvalue weighted by Crippen LogP contribution is 2.30. The Kier molecular flexibility index (Phi) is 4.10. The SMILES string of the molecule is CC(=O)N1CCCC2(CN(Cc3cccs3)CCO2)C1. The molecule has 0 radical (unpaired) electrons. The van der Waals surface area contributed by atoms with Crippen LogP contribution < -0.4 is 0 Å². The summed E-state index contributed by atoms with van der Waals surface area (Å²) in [4.78, 5) is 17.4. The molecule has 4 nitrogen and oxygen atoms in total. The molecule has 1 spiro atoms. The number of thiophene rings is 1. The topological polar surface area (TPSA) is 32.8 Å². The fourth-order valence-corrected chi connectivity index (χ4v) is 4.04. The van der Waals surface area contributed by atoms with E-state index in [9.17, 15) is 4.79 Å². The van der Waals surface area contributed by atoms with Gasteiger partial charge in [-0.2, -0.15) is 0 Å². The summed E-state index contributed by atoms with van der Waals surface area (Å²) < 4.78 is 6.10. The first-order valence-electron chi connectivity index (χ1n) is 7.31. The predicted octanol–water partition coefficient (Wildman–Crippen LogP) is 1.96. The van der Waals surface area contributed by atoms with Crippen LogP contribution >= 0.6 is 11.3 Å². The van der Waals surface area contributed by atoms with E-state index >= 15 is 0 Å². The van der Waals surface area contributed by atoms with E-state index in [2.05, 4.69) is 22.4 Å². The van der Waals surface area contributed by atoms with Crippen LogP contribution in [-0.4, -0.2) is 54.1 Å². The van der Waals surface area contributed by atoms with Gasteiger partial charge in [-0.3, -0.25) is 9.69 Å². The predicted molar refractivity (Wildman–Crippen MR) is 79.8 cm³/mol. The van der Waals surface area contributed by atoms with E-state index in [0.717, 1.165) is 52.2 Å². The minimum atomic E-state index is -0.139. The summed E-state index contributed by atoms with van der Waals surface area (Å²) in [7, 11) is 0. The summed E-state index contributed by atoms with van der Waals surface area (Å²) in [5.74, 6) is 0.169. The van der Waals surface area contributed by atoms with Crippen LogP contribution in [0.1, 0.15) is 24.6 Å². The Labute approximate surface area is 124 Å². The third-order valence-corrected chi connectivity index (χ3v) is 5.13. The van der Waals surface area contributed by atoms with Crippen LogP contribution in [0.5, 0.6) is 0 Å². The van der Waals surface area contributed by atoms with Crippen molar-refractivity contribution in [2.75, 3.05) is 32.8 Å². The molecule has 2 aliphatic heterocycles. The van der Waals surface area contributed by atoms with Crippen LogP contribution in [0.15, 0.2) is 17.5 Å². The number of piperidine rings is 1. The van der Waals surface area contributed by atoms with Crippen molar-refractivity contribution in [2.45, 2.75) is 31.9 Å². The molecule has 2 fully saturated rings. The second kappa shape index (κ2) is 5.84. The van der Waals surface area contributed by atoms with Gasteiger partial charge in [0.2, 0.25) is 5.91 Å². The quantitative estimate of drug-likeness (QED) is 0.836. The number of likely N-dealkylation sites (tertiary alicyclic amines) is 1. The van der Waals surface area contributed by atoms with E-state index in [-0.39, 0.29) is 11.5 Å². The number of hydrogen-bond donors (Lipinski definition) is 0. The number of carbonyl (C=O) groups is 1. The maximum Gasteiger partial charge on any atom is 0.219 e. The molecule has 1 aromatic rings. The van der Waals surface area contributed by atoms with E-state index in [4.69, 9.17) is 4.74 Å². The molecule has 3 rings (SSSR count). The lowest BCUT2D eigenvalue weighted by atomic mass is 9.90. The first-order valence-corrected chi connectivity index (χ1v) is 8.19. The molecule has 2 aliphatic rings. The van der Waals surface area contributed by atoms with Crippen LogP contribution in [0.4, 0.5) is 0 Å². The second-order valence-corrected chi connectivity index (χ2v) is 6.90. The zero-order valence-electron chi connectivity index (χ0n) is 12.0. The van der Waals surface area contributed by atoms with Crippen molar-refractivity contribution < 1.29 is 9.53 Å². The molecule has 1 unspecified atom stereocenters. The fourth-order valence-electron chi connectivity index (χ4n) is 3.30. The van der Waals surface area contributed by atoms with Gasteiger partial charge in [0.1, 0.15) is 0 Å². The minimum Gasteiger partial charge on any atom is -0.370 e. The number of nitrogens with zero attached hydrogens (tertiary/aromatic N) is 2. The highest BCUT2D eigenvalue weighted by Gasteiger charge is 2.41. The highest BCUT2D eigenvalue weighted by atomic mass is 32.1. The van der Waals surface area contributed by atoms with Crippen molar-refractivity contribution in [1.29, 1.82) is 0 Å². The van der Waals surface area contributed by atoms with Gasteiger partial charge in [-0.05, 0) is 24.3 Å². The van der Waals surface area contributed by atoms with E-state index in [1.54, 1.807) is 6.92 Å². The van der Waals surface area contributed by atoms with Crippen molar-refractivity contribution >= 4 is 17.2 Å². The summed E-state index contributed by atoms with van der Waals surface area (Å²) in [5, 5.41) is 2.13.